The third kappa shape index (κ3) is 1.18. The molecule has 2 aliphatic rings. The number of aliphatic hydroxyl groups excluding tert-OH is 1. The molecule has 1 heterocycles. The van der Waals surface area contributed by atoms with Crippen molar-refractivity contribution in [2.45, 2.75) is 19.4 Å². The smallest absolute Gasteiger partial charge is 0.185 e. The van der Waals surface area contributed by atoms with E-state index in [9.17, 15) is 5.11 Å². The van der Waals surface area contributed by atoms with Crippen LogP contribution in [0.15, 0.2) is 47.4 Å². The maximum Gasteiger partial charge on any atom is 0.185 e. The van der Waals surface area contributed by atoms with Gasteiger partial charge in [0.05, 0.1) is 5.54 Å². The second-order valence-corrected chi connectivity index (χ2v) is 3.67. The first-order valence-electron chi connectivity index (χ1n) is 4.38. The number of nitrogens with one attached hydrogen (secondary N) is 1. The Morgan fingerprint density at radius 2 is 2.15 bits per heavy atom. The van der Waals surface area contributed by atoms with E-state index < -0.39 is 0 Å². The van der Waals surface area contributed by atoms with E-state index in [0.29, 0.717) is 0 Å². The molecule has 0 fully saturated rings. The molecule has 0 aromatic carbocycles. The van der Waals surface area contributed by atoms with E-state index in [-0.39, 0.29) is 11.4 Å². The van der Waals surface area contributed by atoms with Crippen LogP contribution in [0.2, 0.25) is 0 Å². The zero-order chi connectivity index (χ0) is 9.47. The van der Waals surface area contributed by atoms with Gasteiger partial charge in [0, 0.05) is 6.08 Å². The summed E-state index contributed by atoms with van der Waals surface area (Å²) in [5.41, 5.74) is 2.09. The third-order valence-electron chi connectivity index (χ3n) is 2.53. The highest BCUT2D eigenvalue weighted by Crippen LogP contribution is 2.30. The summed E-state index contributed by atoms with van der Waals surface area (Å²) < 4.78 is 0. The molecule has 1 aliphatic carbocycles. The molecule has 2 rings (SSSR count). The zero-order valence-electron chi connectivity index (χ0n) is 7.83. The summed E-state index contributed by atoms with van der Waals surface area (Å²) in [4.78, 5) is 0. The fourth-order valence-corrected chi connectivity index (χ4v) is 1.90. The third-order valence-corrected chi connectivity index (χ3v) is 2.53. The summed E-state index contributed by atoms with van der Waals surface area (Å²) in [6, 6.07) is 0. The number of hydrogen-bond acceptors (Lipinski definition) is 2. The van der Waals surface area contributed by atoms with E-state index in [1.54, 1.807) is 6.08 Å². The van der Waals surface area contributed by atoms with Gasteiger partial charge in [0.1, 0.15) is 0 Å². The molecule has 1 aliphatic heterocycles. The Bertz CT molecular complexity index is 360. The van der Waals surface area contributed by atoms with Crippen molar-refractivity contribution in [3.8, 4) is 0 Å². The SMILES string of the molecule is CC1=C2C=CC=CC2(C)NC(O)=C1. The number of fused-ring (bicyclic) bond motifs is 1. The van der Waals surface area contributed by atoms with Crippen LogP contribution < -0.4 is 5.32 Å². The predicted molar refractivity (Wildman–Crippen MR) is 53.2 cm³/mol. The highest BCUT2D eigenvalue weighted by Gasteiger charge is 2.30. The molecule has 1 atom stereocenters. The maximum atomic E-state index is 9.44. The lowest BCUT2D eigenvalue weighted by Crippen LogP contribution is -2.44. The first-order valence-corrected chi connectivity index (χ1v) is 4.38. The maximum absolute atomic E-state index is 9.44. The van der Waals surface area contributed by atoms with Crippen LogP contribution in [0.1, 0.15) is 13.8 Å². The van der Waals surface area contributed by atoms with Gasteiger partial charge in [-0.25, -0.2) is 0 Å². The normalized spacial score (nSPS) is 31.1. The molecule has 0 radical (unpaired) electrons. The van der Waals surface area contributed by atoms with Crippen LogP contribution in [0.4, 0.5) is 0 Å². The zero-order valence-corrected chi connectivity index (χ0v) is 7.83. The van der Waals surface area contributed by atoms with E-state index in [1.807, 2.05) is 19.1 Å². The monoisotopic (exact) mass is 175 g/mol. The van der Waals surface area contributed by atoms with Crippen molar-refractivity contribution in [1.82, 2.24) is 5.32 Å². The van der Waals surface area contributed by atoms with Crippen LogP contribution in [0.3, 0.4) is 0 Å². The van der Waals surface area contributed by atoms with Crippen LogP contribution in [0.25, 0.3) is 0 Å². The molecular formula is C11H13NO. The molecule has 2 N–H and O–H groups in total. The minimum atomic E-state index is -0.238. The number of dihydropyridines is 1. The Kier molecular flexibility index (Phi) is 1.59. The van der Waals surface area contributed by atoms with Crippen molar-refractivity contribution in [1.29, 1.82) is 0 Å². The Hall–Kier alpha value is -1.44. The molecule has 1 unspecified atom stereocenters. The van der Waals surface area contributed by atoms with Gasteiger partial charge >= 0.3 is 0 Å². The van der Waals surface area contributed by atoms with Gasteiger partial charge in [-0.2, -0.15) is 0 Å². The predicted octanol–water partition coefficient (Wildman–Crippen LogP) is 2.19. The highest BCUT2D eigenvalue weighted by molar-refractivity contribution is 5.50. The van der Waals surface area contributed by atoms with Crippen LogP contribution >= 0.6 is 0 Å². The van der Waals surface area contributed by atoms with E-state index in [4.69, 9.17) is 0 Å². The fourth-order valence-electron chi connectivity index (χ4n) is 1.90. The average Bonchev–Trinajstić information content (AvgIpc) is 2.01. The van der Waals surface area contributed by atoms with Crippen LogP contribution in [0, 0.1) is 0 Å². The van der Waals surface area contributed by atoms with Crippen molar-refractivity contribution in [3.05, 3.63) is 47.4 Å². The topological polar surface area (TPSA) is 32.3 Å². The summed E-state index contributed by atoms with van der Waals surface area (Å²) in [6.07, 6.45) is 9.88. The van der Waals surface area contributed by atoms with Crippen LogP contribution in [-0.4, -0.2) is 10.6 Å². The minimum Gasteiger partial charge on any atom is -0.495 e. The number of hydrogen-bond donors (Lipinski definition) is 2. The quantitative estimate of drug-likeness (QED) is 0.591. The Morgan fingerprint density at radius 1 is 1.38 bits per heavy atom. The van der Waals surface area contributed by atoms with Crippen molar-refractivity contribution < 1.29 is 5.11 Å². The Morgan fingerprint density at radius 3 is 2.92 bits per heavy atom. The molecule has 68 valence electrons. The molecule has 0 spiro atoms. The second kappa shape index (κ2) is 2.52. The molecular weight excluding hydrogens is 162 g/mol. The molecule has 0 aromatic heterocycles. The molecule has 0 saturated heterocycles. The molecule has 0 aromatic rings. The van der Waals surface area contributed by atoms with Crippen molar-refractivity contribution in [3.63, 3.8) is 0 Å². The Labute approximate surface area is 78.0 Å². The van der Waals surface area contributed by atoms with E-state index in [0.717, 1.165) is 5.57 Å². The molecule has 2 nitrogen and oxygen atoms in total. The number of allylic oxidation sites excluding steroid dienone is 4. The summed E-state index contributed by atoms with van der Waals surface area (Å²) in [5.74, 6) is 0.240. The summed E-state index contributed by atoms with van der Waals surface area (Å²) in [5, 5.41) is 12.5. The van der Waals surface area contributed by atoms with Crippen LogP contribution in [0.5, 0.6) is 0 Å². The first-order chi connectivity index (χ1) is 6.12. The lowest BCUT2D eigenvalue weighted by atomic mass is 9.83. The van der Waals surface area contributed by atoms with E-state index in [1.165, 1.54) is 5.57 Å². The standard InChI is InChI=1S/C11H13NO/c1-8-7-10(13)12-11(2)6-4-3-5-9(8)11/h3-7,12-13H,1-2H3. The first kappa shape index (κ1) is 8.17. The molecule has 0 bridgehead atoms. The summed E-state index contributed by atoms with van der Waals surface area (Å²) >= 11 is 0. The molecule has 0 amide bonds. The fraction of sp³-hybridized carbons (Fsp3) is 0.273. The van der Waals surface area contributed by atoms with E-state index in [2.05, 4.69) is 24.4 Å². The van der Waals surface area contributed by atoms with Gasteiger partial charge in [-0.1, -0.05) is 24.3 Å². The highest BCUT2D eigenvalue weighted by atomic mass is 16.3. The molecule has 2 heteroatoms. The minimum absolute atomic E-state index is 0.238. The van der Waals surface area contributed by atoms with Crippen molar-refractivity contribution >= 4 is 0 Å². The Balaban J connectivity index is 2.55. The second-order valence-electron chi connectivity index (χ2n) is 3.67. The number of aliphatic hydroxyl groups is 1. The average molecular weight is 175 g/mol. The van der Waals surface area contributed by atoms with Gasteiger partial charge in [-0.05, 0) is 25.0 Å². The van der Waals surface area contributed by atoms with E-state index >= 15 is 0 Å². The molecule has 13 heavy (non-hydrogen) atoms. The van der Waals surface area contributed by atoms with Gasteiger partial charge in [-0.15, -0.1) is 0 Å². The summed E-state index contributed by atoms with van der Waals surface area (Å²) in [6.45, 7) is 4.06. The largest absolute Gasteiger partial charge is 0.495 e. The molecule has 0 saturated carbocycles. The van der Waals surface area contributed by atoms with Gasteiger partial charge in [0.15, 0.2) is 5.88 Å². The van der Waals surface area contributed by atoms with Crippen LogP contribution in [-0.2, 0) is 0 Å². The number of rotatable bonds is 0. The van der Waals surface area contributed by atoms with Crippen molar-refractivity contribution in [2.24, 2.45) is 0 Å². The van der Waals surface area contributed by atoms with Gasteiger partial charge in [0.2, 0.25) is 0 Å². The van der Waals surface area contributed by atoms with Gasteiger partial charge in [-0.3, -0.25) is 0 Å². The van der Waals surface area contributed by atoms with Gasteiger partial charge in [0.25, 0.3) is 0 Å². The summed E-state index contributed by atoms with van der Waals surface area (Å²) in [7, 11) is 0. The lowest BCUT2D eigenvalue weighted by Gasteiger charge is -2.35. The van der Waals surface area contributed by atoms with Crippen molar-refractivity contribution in [2.75, 3.05) is 0 Å². The van der Waals surface area contributed by atoms with Gasteiger partial charge < -0.3 is 10.4 Å². The lowest BCUT2D eigenvalue weighted by molar-refractivity contribution is 0.326.